The van der Waals surface area contributed by atoms with Crippen molar-refractivity contribution in [2.24, 2.45) is 5.92 Å². The number of rotatable bonds is 5. The van der Waals surface area contributed by atoms with Crippen molar-refractivity contribution in [3.05, 3.63) is 50.8 Å². The summed E-state index contributed by atoms with van der Waals surface area (Å²) in [5, 5.41) is 3.04. The molecule has 0 amide bonds. The number of benzene rings is 1. The first-order chi connectivity index (χ1) is 11.6. The van der Waals surface area contributed by atoms with Crippen molar-refractivity contribution < 1.29 is 9.53 Å². The van der Waals surface area contributed by atoms with Gasteiger partial charge in [-0.1, -0.05) is 18.2 Å². The van der Waals surface area contributed by atoms with Gasteiger partial charge in [0, 0.05) is 18.8 Å². The minimum absolute atomic E-state index is 0.127. The molecule has 1 fully saturated rings. The average molecular weight is 328 g/mol. The van der Waals surface area contributed by atoms with Crippen molar-refractivity contribution in [1.82, 2.24) is 0 Å². The third-order valence-corrected chi connectivity index (χ3v) is 4.36. The van der Waals surface area contributed by atoms with Crippen LogP contribution in [0.5, 0.6) is 0 Å². The summed E-state index contributed by atoms with van der Waals surface area (Å²) in [7, 11) is 0. The van der Waals surface area contributed by atoms with Crippen molar-refractivity contribution >= 4 is 23.0 Å². The molecule has 0 aliphatic carbocycles. The van der Waals surface area contributed by atoms with Gasteiger partial charge < -0.3 is 15.0 Å². The molecule has 1 N–H and O–H groups in total. The Morgan fingerprint density at radius 1 is 1.17 bits per heavy atom. The number of esters is 1. The number of ether oxygens (including phenoxy) is 1. The second kappa shape index (κ2) is 6.86. The van der Waals surface area contributed by atoms with Crippen LogP contribution in [0.15, 0.2) is 39.9 Å². The molecular formula is C18H20N2O4. The van der Waals surface area contributed by atoms with Crippen LogP contribution < -0.4 is 21.1 Å². The van der Waals surface area contributed by atoms with E-state index in [0.29, 0.717) is 43.9 Å². The number of hydrogen-bond donors (Lipinski definition) is 1. The van der Waals surface area contributed by atoms with Crippen LogP contribution >= 0.6 is 0 Å². The van der Waals surface area contributed by atoms with E-state index in [1.165, 1.54) is 0 Å². The molecule has 0 radical (unpaired) electrons. The number of anilines is 3. The number of nitrogens with one attached hydrogen (secondary N) is 1. The zero-order valence-corrected chi connectivity index (χ0v) is 13.6. The summed E-state index contributed by atoms with van der Waals surface area (Å²) >= 11 is 0. The highest BCUT2D eigenvalue weighted by Crippen LogP contribution is 2.28. The number of hydrogen-bond acceptors (Lipinski definition) is 6. The maximum atomic E-state index is 12.0. The van der Waals surface area contributed by atoms with Crippen LogP contribution in [0.1, 0.15) is 19.8 Å². The third kappa shape index (κ3) is 3.04. The van der Waals surface area contributed by atoms with Crippen LogP contribution in [0, 0.1) is 5.92 Å². The molecule has 0 atom stereocenters. The molecule has 0 bridgehead atoms. The van der Waals surface area contributed by atoms with Crippen molar-refractivity contribution in [3.8, 4) is 0 Å². The molecule has 2 aromatic carbocycles. The Labute approximate surface area is 139 Å². The largest absolute Gasteiger partial charge is 0.466 e. The van der Waals surface area contributed by atoms with Crippen LogP contribution in [-0.2, 0) is 9.53 Å². The maximum absolute atomic E-state index is 12.0. The Balaban J connectivity index is 1.71. The summed E-state index contributed by atoms with van der Waals surface area (Å²) in [6.45, 7) is 3.30. The third-order valence-electron chi connectivity index (χ3n) is 4.36. The van der Waals surface area contributed by atoms with E-state index in [2.05, 4.69) is 5.32 Å². The molecule has 6 heteroatoms. The van der Waals surface area contributed by atoms with Crippen LogP contribution in [-0.4, -0.2) is 25.7 Å². The Morgan fingerprint density at radius 2 is 1.83 bits per heavy atom. The van der Waals surface area contributed by atoms with Gasteiger partial charge in [0.25, 0.3) is 10.9 Å². The Bertz CT molecular complexity index is 785. The molecule has 1 aliphatic heterocycles. The second-order valence-corrected chi connectivity index (χ2v) is 5.89. The van der Waals surface area contributed by atoms with Gasteiger partial charge in [-0.25, -0.2) is 0 Å². The summed E-state index contributed by atoms with van der Waals surface area (Å²) in [4.78, 5) is 37.6. The van der Waals surface area contributed by atoms with Gasteiger partial charge in [0.05, 0.1) is 12.5 Å². The SMILES string of the molecule is CCOC(=O)C1CCN(c2c(Nc3ccccc3)c(=O)c2=O)CC1. The van der Waals surface area contributed by atoms with Gasteiger partial charge in [-0.15, -0.1) is 0 Å². The smallest absolute Gasteiger partial charge is 0.309 e. The normalized spacial score (nSPS) is 15.5. The van der Waals surface area contributed by atoms with E-state index in [1.54, 1.807) is 6.92 Å². The lowest BCUT2D eigenvalue weighted by molar-refractivity contribution is -0.148. The number of piperidine rings is 1. The monoisotopic (exact) mass is 328 g/mol. The highest BCUT2D eigenvalue weighted by molar-refractivity contribution is 5.80. The Kier molecular flexibility index (Phi) is 4.64. The van der Waals surface area contributed by atoms with Gasteiger partial charge in [-0.05, 0) is 31.9 Å². The molecule has 1 saturated heterocycles. The van der Waals surface area contributed by atoms with Crippen molar-refractivity contribution in [1.29, 1.82) is 0 Å². The quantitative estimate of drug-likeness (QED) is 0.666. The van der Waals surface area contributed by atoms with E-state index >= 15 is 0 Å². The highest BCUT2D eigenvalue weighted by Gasteiger charge is 2.31. The van der Waals surface area contributed by atoms with Crippen LogP contribution in [0.2, 0.25) is 0 Å². The van der Waals surface area contributed by atoms with E-state index in [0.717, 1.165) is 5.69 Å². The first-order valence-electron chi connectivity index (χ1n) is 8.18. The maximum Gasteiger partial charge on any atom is 0.309 e. The van der Waals surface area contributed by atoms with Gasteiger partial charge in [-0.3, -0.25) is 14.4 Å². The highest BCUT2D eigenvalue weighted by atomic mass is 16.5. The van der Waals surface area contributed by atoms with E-state index < -0.39 is 10.9 Å². The standard InChI is InChI=1S/C18H20N2O4/c1-2-24-18(23)12-8-10-20(11-9-12)15-14(16(21)17(15)22)19-13-6-4-3-5-7-13/h3-7,12,19H,2,8-11H2,1H3. The molecule has 0 spiro atoms. The van der Waals surface area contributed by atoms with Crippen molar-refractivity contribution in [2.45, 2.75) is 19.8 Å². The molecule has 1 aliphatic rings. The molecule has 126 valence electrons. The lowest BCUT2D eigenvalue weighted by Crippen LogP contribution is -2.46. The number of carbonyl (C=O) groups excluding carboxylic acids is 1. The minimum atomic E-state index is -0.485. The van der Waals surface area contributed by atoms with Gasteiger partial charge in [-0.2, -0.15) is 0 Å². The molecule has 24 heavy (non-hydrogen) atoms. The molecular weight excluding hydrogens is 308 g/mol. The van der Waals surface area contributed by atoms with Gasteiger partial charge in [0.2, 0.25) is 0 Å². The van der Waals surface area contributed by atoms with Crippen LogP contribution in [0.25, 0.3) is 0 Å². The molecule has 0 aromatic heterocycles. The average Bonchev–Trinajstić information content (AvgIpc) is 2.62. The topological polar surface area (TPSA) is 75.7 Å². The summed E-state index contributed by atoms with van der Waals surface area (Å²) in [6, 6.07) is 9.28. The van der Waals surface area contributed by atoms with Crippen LogP contribution in [0.3, 0.4) is 0 Å². The number of carbonyl (C=O) groups is 1. The lowest BCUT2D eigenvalue weighted by atomic mass is 9.96. The van der Waals surface area contributed by atoms with Gasteiger partial charge in [0.1, 0.15) is 11.4 Å². The molecule has 3 rings (SSSR count). The zero-order chi connectivity index (χ0) is 17.1. The van der Waals surface area contributed by atoms with Crippen molar-refractivity contribution in [3.63, 3.8) is 0 Å². The Morgan fingerprint density at radius 3 is 2.46 bits per heavy atom. The fraction of sp³-hybridized carbons (Fsp3) is 0.389. The predicted octanol–water partition coefficient (Wildman–Crippen LogP) is 1.81. The minimum Gasteiger partial charge on any atom is -0.466 e. The first-order valence-corrected chi connectivity index (χ1v) is 8.18. The van der Waals surface area contributed by atoms with Gasteiger partial charge >= 0.3 is 5.97 Å². The number of para-hydroxylation sites is 1. The first kappa shape index (κ1) is 16.2. The van der Waals surface area contributed by atoms with E-state index in [4.69, 9.17) is 4.74 Å². The zero-order valence-electron chi connectivity index (χ0n) is 13.6. The summed E-state index contributed by atoms with van der Waals surface area (Å²) in [5.74, 6) is -0.303. The summed E-state index contributed by atoms with van der Waals surface area (Å²) in [5.41, 5.74) is 0.614. The van der Waals surface area contributed by atoms with E-state index in [1.807, 2.05) is 35.2 Å². The molecule has 0 saturated carbocycles. The van der Waals surface area contributed by atoms with Gasteiger partial charge in [0.15, 0.2) is 0 Å². The molecule has 1 heterocycles. The molecule has 0 unspecified atom stereocenters. The second-order valence-electron chi connectivity index (χ2n) is 5.89. The van der Waals surface area contributed by atoms with Crippen molar-refractivity contribution in [2.75, 3.05) is 29.9 Å². The predicted molar refractivity (Wildman–Crippen MR) is 92.6 cm³/mol. The molecule has 2 aromatic rings. The lowest BCUT2D eigenvalue weighted by Gasteiger charge is -2.34. The molecule has 6 nitrogen and oxygen atoms in total. The fourth-order valence-electron chi connectivity index (χ4n) is 3.06. The fourth-order valence-corrected chi connectivity index (χ4v) is 3.06. The number of nitrogens with zero attached hydrogens (tertiary/aromatic N) is 1. The van der Waals surface area contributed by atoms with E-state index in [9.17, 15) is 14.4 Å². The van der Waals surface area contributed by atoms with Crippen LogP contribution in [0.4, 0.5) is 17.1 Å². The summed E-state index contributed by atoms with van der Waals surface area (Å²) in [6.07, 6.45) is 1.25. The Hall–Kier alpha value is -2.63. The van der Waals surface area contributed by atoms with E-state index in [-0.39, 0.29) is 11.9 Å². The summed E-state index contributed by atoms with van der Waals surface area (Å²) < 4.78 is 5.05.